The minimum absolute atomic E-state index is 0.0151. The lowest BCUT2D eigenvalue weighted by molar-refractivity contribution is -0.132. The van der Waals surface area contributed by atoms with Crippen LogP contribution in [0.4, 0.5) is 0 Å². The van der Waals surface area contributed by atoms with Crippen molar-refractivity contribution >= 4 is 28.5 Å². The van der Waals surface area contributed by atoms with Gasteiger partial charge >= 0.3 is 11.9 Å². The van der Waals surface area contributed by atoms with E-state index in [0.717, 1.165) is 0 Å². The minimum Gasteiger partial charge on any atom is -0.496 e. The number of ketones is 1. The van der Waals surface area contributed by atoms with Gasteiger partial charge in [0.2, 0.25) is 0 Å². The van der Waals surface area contributed by atoms with Crippen molar-refractivity contribution in [1.29, 1.82) is 0 Å². The fourth-order valence-electron chi connectivity index (χ4n) is 2.74. The lowest BCUT2D eigenvalue weighted by Crippen LogP contribution is -2.10. The highest BCUT2D eigenvalue weighted by Crippen LogP contribution is 2.50. The van der Waals surface area contributed by atoms with Crippen molar-refractivity contribution in [3.63, 3.8) is 0 Å². The fourth-order valence-corrected chi connectivity index (χ4v) is 2.74. The van der Waals surface area contributed by atoms with Crippen molar-refractivity contribution in [3.8, 4) is 28.7 Å². The average molecular weight is 376 g/mol. The summed E-state index contributed by atoms with van der Waals surface area (Å²) in [5, 5.41) is 0.513. The number of Topliss-reactive ketones (excluding diaryl/α,β-unsaturated/α-hetero) is 1. The summed E-state index contributed by atoms with van der Waals surface area (Å²) >= 11 is 0. The van der Waals surface area contributed by atoms with Gasteiger partial charge in [0.05, 0.1) is 37.7 Å². The summed E-state index contributed by atoms with van der Waals surface area (Å²) in [6.45, 7) is 3.74. The number of esters is 2. The molecule has 0 unspecified atom stereocenters. The van der Waals surface area contributed by atoms with Crippen LogP contribution >= 0.6 is 0 Å². The number of ether oxygens (including phenoxy) is 5. The zero-order valence-electron chi connectivity index (χ0n) is 15.9. The second-order valence-electron chi connectivity index (χ2n) is 5.56. The third-order valence-corrected chi connectivity index (χ3v) is 3.73. The molecule has 0 saturated carbocycles. The quantitative estimate of drug-likeness (QED) is 0.431. The van der Waals surface area contributed by atoms with Gasteiger partial charge in [-0.05, 0) is 13.0 Å². The van der Waals surface area contributed by atoms with Crippen molar-refractivity contribution in [3.05, 3.63) is 17.7 Å². The maximum atomic E-state index is 12.2. The summed E-state index contributed by atoms with van der Waals surface area (Å²) in [7, 11) is 4.25. The molecule has 0 fully saturated rings. The largest absolute Gasteiger partial charge is 0.496 e. The Hall–Kier alpha value is -3.29. The molecule has 8 nitrogen and oxygen atoms in total. The number of fused-ring (bicyclic) bond motifs is 1. The van der Waals surface area contributed by atoms with E-state index >= 15 is 0 Å². The van der Waals surface area contributed by atoms with Gasteiger partial charge in [-0.1, -0.05) is 0 Å². The lowest BCUT2D eigenvalue weighted by atomic mass is 9.99. The Bertz CT molecular complexity index is 929. The van der Waals surface area contributed by atoms with Crippen LogP contribution < -0.4 is 23.7 Å². The predicted molar refractivity (Wildman–Crippen MR) is 96.2 cm³/mol. The van der Waals surface area contributed by atoms with Gasteiger partial charge in [0.15, 0.2) is 23.0 Å². The zero-order valence-corrected chi connectivity index (χ0v) is 15.9. The number of methoxy groups -OCH3 is 3. The third kappa shape index (κ3) is 3.79. The van der Waals surface area contributed by atoms with Crippen molar-refractivity contribution in [2.24, 2.45) is 0 Å². The Balaban J connectivity index is 3.14. The normalized spacial score (nSPS) is 10.3. The first-order valence-corrected chi connectivity index (χ1v) is 7.92. The van der Waals surface area contributed by atoms with E-state index in [0.29, 0.717) is 5.75 Å². The molecule has 8 heteroatoms. The van der Waals surface area contributed by atoms with Crippen LogP contribution in [0.3, 0.4) is 0 Å². The lowest BCUT2D eigenvalue weighted by Gasteiger charge is -2.20. The molecular formula is C19H20O8. The molecule has 2 aromatic rings. The molecule has 144 valence electrons. The van der Waals surface area contributed by atoms with E-state index in [2.05, 4.69) is 0 Å². The van der Waals surface area contributed by atoms with Crippen molar-refractivity contribution in [1.82, 2.24) is 0 Å². The van der Waals surface area contributed by atoms with Crippen molar-refractivity contribution in [2.75, 3.05) is 21.3 Å². The maximum Gasteiger partial charge on any atom is 0.308 e. The Labute approximate surface area is 155 Å². The van der Waals surface area contributed by atoms with Crippen LogP contribution in [0, 0.1) is 0 Å². The molecule has 0 heterocycles. The molecule has 27 heavy (non-hydrogen) atoms. The molecule has 2 aromatic carbocycles. The Morgan fingerprint density at radius 3 is 1.67 bits per heavy atom. The van der Waals surface area contributed by atoms with Gasteiger partial charge in [-0.25, -0.2) is 0 Å². The van der Waals surface area contributed by atoms with Crippen molar-refractivity contribution < 1.29 is 38.1 Å². The molecule has 0 bridgehead atoms. The molecule has 0 aliphatic heterocycles. The first kappa shape index (κ1) is 20.0. The molecule has 0 N–H and O–H groups in total. The SMILES string of the molecule is COc1cc(OC)c2c(OC(C)=O)c(C(C)=O)cc(OC(C)=O)c2c1OC. The fraction of sp³-hybridized carbons (Fsp3) is 0.316. The zero-order chi connectivity index (χ0) is 20.3. The van der Waals surface area contributed by atoms with Gasteiger partial charge < -0.3 is 23.7 Å². The number of carbonyl (C=O) groups excluding carboxylic acids is 3. The van der Waals surface area contributed by atoms with Gasteiger partial charge in [0.1, 0.15) is 11.5 Å². The molecule has 0 amide bonds. The summed E-state index contributed by atoms with van der Waals surface area (Å²) < 4.78 is 26.8. The van der Waals surface area contributed by atoms with E-state index in [1.165, 1.54) is 54.2 Å². The number of carbonyl (C=O) groups is 3. The van der Waals surface area contributed by atoms with Crippen LogP contribution in [0.25, 0.3) is 10.8 Å². The highest BCUT2D eigenvalue weighted by atomic mass is 16.5. The highest BCUT2D eigenvalue weighted by Gasteiger charge is 2.27. The Kier molecular flexibility index (Phi) is 5.89. The summed E-state index contributed by atoms with van der Waals surface area (Å²) in [5.74, 6) is -0.807. The Morgan fingerprint density at radius 1 is 0.667 bits per heavy atom. The van der Waals surface area contributed by atoms with E-state index in [1.54, 1.807) is 0 Å². The molecule has 0 spiro atoms. The summed E-state index contributed by atoms with van der Waals surface area (Å²) in [5.41, 5.74) is 0.0551. The second-order valence-corrected chi connectivity index (χ2v) is 5.56. The topological polar surface area (TPSA) is 97.4 Å². The maximum absolute atomic E-state index is 12.2. The van der Waals surface area contributed by atoms with Crippen LogP contribution in [0.2, 0.25) is 0 Å². The van der Waals surface area contributed by atoms with Crippen LogP contribution in [-0.4, -0.2) is 39.1 Å². The average Bonchev–Trinajstić information content (AvgIpc) is 2.60. The molecule has 0 aliphatic rings. The third-order valence-electron chi connectivity index (χ3n) is 3.73. The highest BCUT2D eigenvalue weighted by molar-refractivity contribution is 6.12. The van der Waals surface area contributed by atoms with E-state index in [1.807, 2.05) is 0 Å². The van der Waals surface area contributed by atoms with Gasteiger partial charge in [0.25, 0.3) is 0 Å². The van der Waals surface area contributed by atoms with Crippen LogP contribution in [0.1, 0.15) is 31.1 Å². The first-order chi connectivity index (χ1) is 12.7. The standard InChI is InChI=1S/C19H20O8/c1-9(20)12-7-14(26-10(2)21)17-16(18(12)27-11(3)22)13(23-4)8-15(24-5)19(17)25-6/h7-8H,1-6H3. The second kappa shape index (κ2) is 7.94. The molecule has 0 saturated heterocycles. The van der Waals surface area contributed by atoms with Crippen molar-refractivity contribution in [2.45, 2.75) is 20.8 Å². The summed E-state index contributed by atoms with van der Waals surface area (Å²) in [6.07, 6.45) is 0. The van der Waals surface area contributed by atoms with Crippen LogP contribution in [0.15, 0.2) is 12.1 Å². The Morgan fingerprint density at radius 2 is 1.22 bits per heavy atom. The van der Waals surface area contributed by atoms with E-state index < -0.39 is 17.7 Å². The molecule has 0 radical (unpaired) electrons. The van der Waals surface area contributed by atoms with Crippen LogP contribution in [-0.2, 0) is 9.59 Å². The number of rotatable bonds is 6. The van der Waals surface area contributed by atoms with E-state index in [9.17, 15) is 14.4 Å². The first-order valence-electron chi connectivity index (χ1n) is 7.92. The smallest absolute Gasteiger partial charge is 0.308 e. The number of benzene rings is 2. The van der Waals surface area contributed by atoms with E-state index in [-0.39, 0.29) is 39.3 Å². The van der Waals surface area contributed by atoms with Gasteiger partial charge in [0, 0.05) is 19.9 Å². The molecule has 0 atom stereocenters. The van der Waals surface area contributed by atoms with Gasteiger partial charge in [-0.15, -0.1) is 0 Å². The predicted octanol–water partition coefficient (Wildman–Crippen LogP) is 2.92. The molecule has 0 aromatic heterocycles. The number of hydrogen-bond acceptors (Lipinski definition) is 8. The van der Waals surface area contributed by atoms with Gasteiger partial charge in [-0.2, -0.15) is 0 Å². The summed E-state index contributed by atoms with van der Waals surface area (Å²) in [4.78, 5) is 35.4. The van der Waals surface area contributed by atoms with Gasteiger partial charge in [-0.3, -0.25) is 14.4 Å². The molecule has 0 aliphatic carbocycles. The number of hydrogen-bond donors (Lipinski definition) is 0. The van der Waals surface area contributed by atoms with Crippen LogP contribution in [0.5, 0.6) is 28.7 Å². The summed E-state index contributed by atoms with van der Waals surface area (Å²) in [6, 6.07) is 2.85. The minimum atomic E-state index is -0.629. The molecular weight excluding hydrogens is 356 g/mol. The van der Waals surface area contributed by atoms with E-state index in [4.69, 9.17) is 23.7 Å². The molecule has 2 rings (SSSR count). The monoisotopic (exact) mass is 376 g/mol.